The average molecular weight is 336 g/mol. The molecule has 0 fully saturated rings. The van der Waals surface area contributed by atoms with Gasteiger partial charge in [-0.3, -0.25) is 4.79 Å². The summed E-state index contributed by atoms with van der Waals surface area (Å²) in [5, 5.41) is 3.19. The first-order valence-electron chi connectivity index (χ1n) is 6.87. The maximum atomic E-state index is 12.3. The van der Waals surface area contributed by atoms with Crippen molar-refractivity contribution in [1.82, 2.24) is 0 Å². The van der Waals surface area contributed by atoms with E-state index >= 15 is 0 Å². The van der Waals surface area contributed by atoms with Crippen molar-refractivity contribution in [3.63, 3.8) is 0 Å². The molecule has 0 saturated carbocycles. The third-order valence-corrected chi connectivity index (χ3v) is 4.47. The monoisotopic (exact) mass is 335 g/mol. The van der Waals surface area contributed by atoms with E-state index in [9.17, 15) is 4.79 Å². The van der Waals surface area contributed by atoms with Gasteiger partial charge in [0.2, 0.25) is 5.91 Å². The molecule has 1 amide bonds. The number of anilines is 1. The third-order valence-electron chi connectivity index (χ3n) is 3.12. The van der Waals surface area contributed by atoms with Crippen LogP contribution in [0.3, 0.4) is 0 Å². The molecule has 0 aromatic heterocycles. The predicted octanol–water partition coefficient (Wildman–Crippen LogP) is 4.78. The van der Waals surface area contributed by atoms with Crippen LogP contribution in [0.4, 0.5) is 5.69 Å². The second-order valence-electron chi connectivity index (χ2n) is 4.91. The van der Waals surface area contributed by atoms with Gasteiger partial charge in [-0.25, -0.2) is 0 Å². The highest BCUT2D eigenvalue weighted by Crippen LogP contribution is 2.29. The van der Waals surface area contributed by atoms with E-state index in [-0.39, 0.29) is 11.2 Å². The molecular formula is C17H18ClNO2S. The largest absolute Gasteiger partial charge is 0.495 e. The summed E-state index contributed by atoms with van der Waals surface area (Å²) in [6.07, 6.45) is 0. The Labute approximate surface area is 140 Å². The minimum atomic E-state index is -0.230. The standard InChI is InChI=1S/C17H18ClNO2S/c1-11-4-7-14(8-5-11)22-12(2)17(20)19-15-10-13(18)6-9-16(15)21-3/h4-10,12H,1-3H3,(H,19,20). The van der Waals surface area contributed by atoms with Gasteiger partial charge in [0.1, 0.15) is 5.75 Å². The molecule has 22 heavy (non-hydrogen) atoms. The number of carbonyl (C=O) groups excluding carboxylic acids is 1. The highest BCUT2D eigenvalue weighted by atomic mass is 35.5. The van der Waals surface area contributed by atoms with Crippen LogP contribution in [0.5, 0.6) is 5.75 Å². The lowest BCUT2D eigenvalue weighted by molar-refractivity contribution is -0.115. The smallest absolute Gasteiger partial charge is 0.237 e. The Morgan fingerprint density at radius 1 is 1.23 bits per heavy atom. The Kier molecular flexibility index (Phi) is 5.75. The summed E-state index contributed by atoms with van der Waals surface area (Å²) in [5.74, 6) is 0.497. The molecule has 1 unspecified atom stereocenters. The van der Waals surface area contributed by atoms with Gasteiger partial charge in [0.25, 0.3) is 0 Å². The summed E-state index contributed by atoms with van der Waals surface area (Å²) in [5.41, 5.74) is 1.78. The molecule has 5 heteroatoms. The van der Waals surface area contributed by atoms with Gasteiger partial charge in [0.05, 0.1) is 18.0 Å². The summed E-state index contributed by atoms with van der Waals surface area (Å²) < 4.78 is 5.23. The van der Waals surface area contributed by atoms with Gasteiger partial charge in [0, 0.05) is 9.92 Å². The number of benzene rings is 2. The van der Waals surface area contributed by atoms with E-state index in [1.54, 1.807) is 25.3 Å². The maximum absolute atomic E-state index is 12.3. The van der Waals surface area contributed by atoms with E-state index in [1.165, 1.54) is 17.3 Å². The summed E-state index contributed by atoms with van der Waals surface area (Å²) in [6, 6.07) is 13.2. The lowest BCUT2D eigenvalue weighted by atomic mass is 10.2. The molecule has 0 aliphatic carbocycles. The number of ether oxygens (including phenoxy) is 1. The van der Waals surface area contributed by atoms with Crippen molar-refractivity contribution in [2.75, 3.05) is 12.4 Å². The molecule has 2 aromatic rings. The normalized spacial score (nSPS) is 11.8. The number of thioether (sulfide) groups is 1. The van der Waals surface area contributed by atoms with Gasteiger partial charge in [-0.1, -0.05) is 29.3 Å². The Bertz CT molecular complexity index is 658. The van der Waals surface area contributed by atoms with E-state index in [4.69, 9.17) is 16.3 Å². The molecule has 0 heterocycles. The molecule has 2 aromatic carbocycles. The number of halogens is 1. The zero-order valence-electron chi connectivity index (χ0n) is 12.7. The zero-order valence-corrected chi connectivity index (χ0v) is 14.3. The van der Waals surface area contributed by atoms with Crippen LogP contribution in [-0.2, 0) is 4.79 Å². The maximum Gasteiger partial charge on any atom is 0.237 e. The number of hydrogen-bond donors (Lipinski definition) is 1. The number of amides is 1. The van der Waals surface area contributed by atoms with Crippen LogP contribution in [0, 0.1) is 6.92 Å². The summed E-state index contributed by atoms with van der Waals surface area (Å²) in [6.45, 7) is 3.91. The average Bonchev–Trinajstić information content (AvgIpc) is 2.49. The van der Waals surface area contributed by atoms with Crippen LogP contribution in [0.2, 0.25) is 5.02 Å². The summed E-state index contributed by atoms with van der Waals surface area (Å²) in [4.78, 5) is 13.4. The molecule has 0 bridgehead atoms. The third kappa shape index (κ3) is 4.42. The number of aryl methyl sites for hydroxylation is 1. The lowest BCUT2D eigenvalue weighted by Crippen LogP contribution is -2.22. The van der Waals surface area contributed by atoms with E-state index < -0.39 is 0 Å². The Balaban J connectivity index is 2.05. The van der Waals surface area contributed by atoms with Crippen molar-refractivity contribution >= 4 is 35.0 Å². The molecule has 3 nitrogen and oxygen atoms in total. The predicted molar refractivity (Wildman–Crippen MR) is 93.1 cm³/mol. The summed E-state index contributed by atoms with van der Waals surface area (Å²) in [7, 11) is 1.56. The number of hydrogen-bond acceptors (Lipinski definition) is 3. The first kappa shape index (κ1) is 16.7. The fraction of sp³-hybridized carbons (Fsp3) is 0.235. The second kappa shape index (κ2) is 7.56. The summed E-state index contributed by atoms with van der Waals surface area (Å²) >= 11 is 7.48. The highest BCUT2D eigenvalue weighted by Gasteiger charge is 2.16. The Hall–Kier alpha value is -1.65. The molecule has 0 radical (unpaired) electrons. The van der Waals surface area contributed by atoms with Gasteiger partial charge in [-0.2, -0.15) is 0 Å². The first-order chi connectivity index (χ1) is 10.5. The van der Waals surface area contributed by atoms with Crippen molar-refractivity contribution in [1.29, 1.82) is 0 Å². The van der Waals surface area contributed by atoms with Crippen molar-refractivity contribution in [2.24, 2.45) is 0 Å². The van der Waals surface area contributed by atoms with Crippen LogP contribution in [0.15, 0.2) is 47.4 Å². The molecule has 1 N–H and O–H groups in total. The Morgan fingerprint density at radius 2 is 1.91 bits per heavy atom. The minimum absolute atomic E-state index is 0.0915. The number of rotatable bonds is 5. The zero-order chi connectivity index (χ0) is 16.1. The molecule has 0 aliphatic rings. The Morgan fingerprint density at radius 3 is 2.55 bits per heavy atom. The van der Waals surface area contributed by atoms with Gasteiger partial charge < -0.3 is 10.1 Å². The number of carbonyl (C=O) groups is 1. The van der Waals surface area contributed by atoms with E-state index in [0.29, 0.717) is 16.5 Å². The molecule has 116 valence electrons. The van der Waals surface area contributed by atoms with Gasteiger partial charge >= 0.3 is 0 Å². The molecular weight excluding hydrogens is 318 g/mol. The van der Waals surface area contributed by atoms with E-state index in [0.717, 1.165) is 4.90 Å². The number of methoxy groups -OCH3 is 1. The lowest BCUT2D eigenvalue weighted by Gasteiger charge is -2.14. The van der Waals surface area contributed by atoms with Crippen LogP contribution >= 0.6 is 23.4 Å². The molecule has 0 spiro atoms. The van der Waals surface area contributed by atoms with Crippen LogP contribution in [0.25, 0.3) is 0 Å². The van der Waals surface area contributed by atoms with Gasteiger partial charge in [0.15, 0.2) is 0 Å². The van der Waals surface area contributed by atoms with Crippen molar-refractivity contribution in [3.8, 4) is 5.75 Å². The SMILES string of the molecule is COc1ccc(Cl)cc1NC(=O)C(C)Sc1ccc(C)cc1. The quantitative estimate of drug-likeness (QED) is 0.799. The fourth-order valence-corrected chi connectivity index (χ4v) is 2.93. The molecule has 2 rings (SSSR count). The number of nitrogens with one attached hydrogen (secondary N) is 1. The molecule has 1 atom stereocenters. The van der Waals surface area contributed by atoms with Crippen LogP contribution in [-0.4, -0.2) is 18.3 Å². The fourth-order valence-electron chi connectivity index (χ4n) is 1.89. The highest BCUT2D eigenvalue weighted by molar-refractivity contribution is 8.00. The van der Waals surface area contributed by atoms with E-state index in [2.05, 4.69) is 5.32 Å². The van der Waals surface area contributed by atoms with Gasteiger partial charge in [-0.15, -0.1) is 11.8 Å². The van der Waals surface area contributed by atoms with Crippen molar-refractivity contribution in [3.05, 3.63) is 53.1 Å². The molecule has 0 saturated heterocycles. The second-order valence-corrected chi connectivity index (χ2v) is 6.76. The topological polar surface area (TPSA) is 38.3 Å². The van der Waals surface area contributed by atoms with Gasteiger partial charge in [-0.05, 0) is 44.2 Å². The van der Waals surface area contributed by atoms with Crippen LogP contribution in [0.1, 0.15) is 12.5 Å². The first-order valence-corrected chi connectivity index (χ1v) is 8.13. The van der Waals surface area contributed by atoms with Crippen molar-refractivity contribution < 1.29 is 9.53 Å². The van der Waals surface area contributed by atoms with Crippen LogP contribution < -0.4 is 10.1 Å². The van der Waals surface area contributed by atoms with E-state index in [1.807, 2.05) is 38.1 Å². The van der Waals surface area contributed by atoms with Crippen molar-refractivity contribution in [2.45, 2.75) is 24.0 Å². The molecule has 0 aliphatic heterocycles. The minimum Gasteiger partial charge on any atom is -0.495 e.